The quantitative estimate of drug-likeness (QED) is 0.563. The number of hydrogen-bond donors (Lipinski definition) is 2. The first-order valence-electron chi connectivity index (χ1n) is 11.6. The fourth-order valence-electron chi connectivity index (χ4n) is 5.07. The van der Waals surface area contributed by atoms with E-state index in [0.717, 1.165) is 30.2 Å². The number of rotatable bonds is 4. The largest absolute Gasteiger partial charge is 0.481 e. The number of aromatic nitrogens is 4. The molecule has 1 fully saturated rings. The van der Waals surface area contributed by atoms with Crippen LogP contribution in [-0.2, 0) is 18.1 Å². The topological polar surface area (TPSA) is 111 Å². The predicted octanol–water partition coefficient (Wildman–Crippen LogP) is 3.77. The molecule has 5 rings (SSSR count). The van der Waals surface area contributed by atoms with Gasteiger partial charge < -0.3 is 20.7 Å². The number of urea groups is 1. The molecule has 36 heavy (non-hydrogen) atoms. The maximum atomic E-state index is 13.3. The van der Waals surface area contributed by atoms with E-state index in [1.54, 1.807) is 17.2 Å². The molecule has 1 spiro atoms. The molecule has 1 unspecified atom stereocenters. The number of aryl methyl sites for hydroxylation is 1. The number of methoxy groups -OCH3 is 1. The summed E-state index contributed by atoms with van der Waals surface area (Å²) in [5.41, 5.74) is 6.63. The molecule has 0 aromatic carbocycles. The molecule has 3 aromatic heterocycles. The number of alkyl halides is 3. The molecular weight excluding hydrogens is 475 g/mol. The molecule has 1 saturated heterocycles. The highest BCUT2D eigenvalue weighted by Gasteiger charge is 2.47. The lowest BCUT2D eigenvalue weighted by molar-refractivity contribution is -0.137. The Balaban J connectivity index is 1.32. The van der Waals surface area contributed by atoms with E-state index in [1.165, 1.54) is 13.3 Å². The zero-order valence-corrected chi connectivity index (χ0v) is 19.8. The highest BCUT2D eigenvalue weighted by Crippen LogP contribution is 2.44. The number of amides is 2. The van der Waals surface area contributed by atoms with Gasteiger partial charge in [0.1, 0.15) is 5.82 Å². The van der Waals surface area contributed by atoms with Crippen LogP contribution in [-0.4, -0.2) is 50.9 Å². The number of nitrogen functional groups attached to an aromatic ring is 1. The average molecular weight is 502 g/mol. The van der Waals surface area contributed by atoms with E-state index < -0.39 is 17.6 Å². The summed E-state index contributed by atoms with van der Waals surface area (Å²) in [6.45, 7) is 3.60. The third-order valence-electron chi connectivity index (χ3n) is 7.09. The van der Waals surface area contributed by atoms with E-state index in [0.29, 0.717) is 31.2 Å². The van der Waals surface area contributed by atoms with Crippen molar-refractivity contribution in [1.29, 1.82) is 0 Å². The van der Waals surface area contributed by atoms with Crippen molar-refractivity contribution in [3.8, 4) is 17.1 Å². The highest BCUT2D eigenvalue weighted by molar-refractivity contribution is 5.75. The zero-order chi connectivity index (χ0) is 25.7. The Labute approximate surface area is 205 Å². The molecule has 190 valence electrons. The van der Waals surface area contributed by atoms with Crippen LogP contribution in [0, 0.1) is 0 Å². The number of carbonyl (C=O) groups is 1. The minimum Gasteiger partial charge on any atom is -0.481 e. The average Bonchev–Trinajstić information content (AvgIpc) is 3.55. The Morgan fingerprint density at radius 3 is 2.75 bits per heavy atom. The summed E-state index contributed by atoms with van der Waals surface area (Å²) in [4.78, 5) is 22.6. The highest BCUT2D eigenvalue weighted by atomic mass is 19.4. The molecule has 9 nitrogen and oxygen atoms in total. The summed E-state index contributed by atoms with van der Waals surface area (Å²) in [5, 5.41) is 7.57. The summed E-state index contributed by atoms with van der Waals surface area (Å²) in [5.74, 6) is -0.0891. The van der Waals surface area contributed by atoms with E-state index in [-0.39, 0.29) is 23.1 Å². The summed E-state index contributed by atoms with van der Waals surface area (Å²) in [6, 6.07) is 5.99. The van der Waals surface area contributed by atoms with Crippen molar-refractivity contribution < 1.29 is 22.7 Å². The van der Waals surface area contributed by atoms with Gasteiger partial charge in [0.05, 0.1) is 24.4 Å². The number of likely N-dealkylation sites (tertiary alicyclic amines) is 1. The van der Waals surface area contributed by atoms with Crippen LogP contribution >= 0.6 is 0 Å². The maximum Gasteiger partial charge on any atom is 0.419 e. The number of hydrogen-bond acceptors (Lipinski definition) is 6. The van der Waals surface area contributed by atoms with Crippen molar-refractivity contribution in [2.75, 3.05) is 25.9 Å². The van der Waals surface area contributed by atoms with Crippen LogP contribution < -0.4 is 15.8 Å². The van der Waals surface area contributed by atoms with Crippen LogP contribution in [0.15, 0.2) is 36.7 Å². The number of anilines is 1. The van der Waals surface area contributed by atoms with Gasteiger partial charge in [-0.15, -0.1) is 0 Å². The zero-order valence-electron chi connectivity index (χ0n) is 19.8. The maximum absolute atomic E-state index is 13.3. The smallest absolute Gasteiger partial charge is 0.419 e. The van der Waals surface area contributed by atoms with Crippen LogP contribution in [0.3, 0.4) is 0 Å². The van der Waals surface area contributed by atoms with E-state index in [2.05, 4.69) is 20.4 Å². The second-order valence-corrected chi connectivity index (χ2v) is 9.30. The second kappa shape index (κ2) is 8.68. The first kappa shape index (κ1) is 23.9. The number of ether oxygens (including phenoxy) is 1. The van der Waals surface area contributed by atoms with Gasteiger partial charge >= 0.3 is 12.2 Å². The monoisotopic (exact) mass is 501 g/mol. The Morgan fingerprint density at radius 1 is 1.22 bits per heavy atom. The molecular formula is C24H26F3N7O2. The molecule has 2 aliphatic heterocycles. The van der Waals surface area contributed by atoms with Crippen LogP contribution in [0.5, 0.6) is 5.88 Å². The van der Waals surface area contributed by atoms with Gasteiger partial charge in [0.15, 0.2) is 0 Å². The second-order valence-electron chi connectivity index (χ2n) is 9.30. The fraction of sp³-hybridized carbons (Fsp3) is 0.417. The number of nitrogens with one attached hydrogen (secondary N) is 1. The summed E-state index contributed by atoms with van der Waals surface area (Å²) < 4.78 is 46.9. The Hall–Kier alpha value is -3.83. The number of nitrogens with two attached hydrogens (primary N) is 1. The van der Waals surface area contributed by atoms with Crippen LogP contribution in [0.1, 0.15) is 42.6 Å². The minimum atomic E-state index is -4.60. The van der Waals surface area contributed by atoms with Gasteiger partial charge in [-0.05, 0) is 43.5 Å². The Kier molecular flexibility index (Phi) is 5.76. The predicted molar refractivity (Wildman–Crippen MR) is 125 cm³/mol. The molecule has 2 aliphatic rings. The van der Waals surface area contributed by atoms with Gasteiger partial charge in [0.2, 0.25) is 5.88 Å². The molecule has 0 bridgehead atoms. The van der Waals surface area contributed by atoms with Gasteiger partial charge in [-0.3, -0.25) is 4.68 Å². The first-order valence-corrected chi connectivity index (χ1v) is 11.6. The third kappa shape index (κ3) is 4.20. The lowest BCUT2D eigenvalue weighted by Crippen LogP contribution is -2.41. The van der Waals surface area contributed by atoms with Crippen LogP contribution in [0.4, 0.5) is 23.8 Å². The third-order valence-corrected chi connectivity index (χ3v) is 7.09. The number of nitrogens with zero attached hydrogens (tertiary/aromatic N) is 5. The summed E-state index contributed by atoms with van der Waals surface area (Å²) in [6.07, 6.45) is -0.109. The molecule has 2 atom stereocenters. The lowest BCUT2D eigenvalue weighted by atomic mass is 9.82. The standard InChI is InChI=1S/C24H26F3N7O2/c1-14(15-3-6-29-20(10-15)36-2)31-22(35)33-7-4-23(13-33)5-8-34-19(23)11-18(32-34)16-9-17(24(25,26)27)21(28)30-12-16/h3,6,9-12,14H,4-5,7-8,13H2,1-2H3,(H2,28,30)(H,31,35)/t14?,23-/m1/s1. The molecule has 12 heteroatoms. The lowest BCUT2D eigenvalue weighted by Gasteiger charge is -2.25. The number of fused-ring (bicyclic) bond motifs is 2. The van der Waals surface area contributed by atoms with Crippen molar-refractivity contribution >= 4 is 11.8 Å². The minimum absolute atomic E-state index is 0.175. The summed E-state index contributed by atoms with van der Waals surface area (Å²) >= 11 is 0. The Bertz CT molecular complexity index is 1310. The van der Waals surface area contributed by atoms with Crippen molar-refractivity contribution in [2.45, 2.75) is 43.9 Å². The molecule has 0 aliphatic carbocycles. The molecule has 5 heterocycles. The molecule has 3 aromatic rings. The van der Waals surface area contributed by atoms with Crippen molar-refractivity contribution in [2.24, 2.45) is 0 Å². The van der Waals surface area contributed by atoms with Gasteiger partial charge in [0, 0.05) is 54.8 Å². The van der Waals surface area contributed by atoms with Crippen LogP contribution in [0.2, 0.25) is 0 Å². The normalized spacial score (nSPS) is 20.0. The van der Waals surface area contributed by atoms with Crippen molar-refractivity contribution in [3.63, 3.8) is 0 Å². The number of carbonyl (C=O) groups excluding carboxylic acids is 1. The number of halogens is 3. The van der Waals surface area contributed by atoms with Gasteiger partial charge in [-0.1, -0.05) is 0 Å². The first-order chi connectivity index (χ1) is 17.1. The molecule has 0 radical (unpaired) electrons. The fourth-order valence-corrected chi connectivity index (χ4v) is 5.07. The summed E-state index contributed by atoms with van der Waals surface area (Å²) in [7, 11) is 1.54. The SMILES string of the molecule is COc1cc(C(C)NC(=O)N2CC[C@@]3(CCn4nc(-c5cnc(N)c(C(F)(F)F)c5)cc43)C2)ccn1. The Morgan fingerprint density at radius 2 is 2.00 bits per heavy atom. The van der Waals surface area contributed by atoms with Crippen LogP contribution in [0.25, 0.3) is 11.3 Å². The molecule has 0 saturated carbocycles. The van der Waals surface area contributed by atoms with E-state index >= 15 is 0 Å². The van der Waals surface area contributed by atoms with Crippen molar-refractivity contribution in [1.82, 2.24) is 30.0 Å². The van der Waals surface area contributed by atoms with Gasteiger partial charge in [-0.25, -0.2) is 14.8 Å². The van der Waals surface area contributed by atoms with E-state index in [1.807, 2.05) is 23.7 Å². The van der Waals surface area contributed by atoms with Gasteiger partial charge in [-0.2, -0.15) is 18.3 Å². The van der Waals surface area contributed by atoms with Gasteiger partial charge in [0.25, 0.3) is 0 Å². The molecule has 2 amide bonds. The van der Waals surface area contributed by atoms with Crippen molar-refractivity contribution in [3.05, 3.63) is 53.5 Å². The van der Waals surface area contributed by atoms with E-state index in [4.69, 9.17) is 10.5 Å². The van der Waals surface area contributed by atoms with E-state index in [9.17, 15) is 18.0 Å². The molecule has 3 N–H and O–H groups in total. The number of pyridine rings is 2.